The minimum atomic E-state index is 0.583. The van der Waals surface area contributed by atoms with Crippen LogP contribution in [0.5, 0.6) is 0 Å². The number of halogens is 2. The molecule has 0 bridgehead atoms. The normalized spacial score (nSPS) is 11.0. The van der Waals surface area contributed by atoms with Crippen LogP contribution in [-0.4, -0.2) is 14.8 Å². The van der Waals surface area contributed by atoms with Gasteiger partial charge in [0.2, 0.25) is 4.73 Å². The maximum Gasteiger partial charge on any atom is 0.218 e. The summed E-state index contributed by atoms with van der Waals surface area (Å²) in [5, 5.41) is 4.13. The molecular weight excluding hydrogens is 274 g/mol. The molecule has 0 amide bonds. The summed E-state index contributed by atoms with van der Waals surface area (Å²) in [5.41, 5.74) is 0. The summed E-state index contributed by atoms with van der Waals surface area (Å²) in [4.78, 5) is 4.05. The zero-order valence-corrected chi connectivity index (χ0v) is 9.55. The van der Waals surface area contributed by atoms with Gasteiger partial charge in [-0.3, -0.25) is 0 Å². The smallest absolute Gasteiger partial charge is 0.218 e. The molecule has 0 saturated heterocycles. The average Bonchev–Trinajstić information content (AvgIpc) is 2.09. The van der Waals surface area contributed by atoms with Crippen LogP contribution in [0, 0.1) is 5.92 Å². The van der Waals surface area contributed by atoms with Gasteiger partial charge < -0.3 is 0 Å². The summed E-state index contributed by atoms with van der Waals surface area (Å²) in [6.07, 6.45) is 0. The molecule has 5 heteroatoms. The third-order valence-electron chi connectivity index (χ3n) is 1.14. The second-order valence-corrected chi connectivity index (χ2v) is 4.14. The highest BCUT2D eigenvalue weighted by molar-refractivity contribution is 9.11. The molecule has 1 aromatic rings. The first kappa shape index (κ1) is 9.19. The summed E-state index contributed by atoms with van der Waals surface area (Å²) in [6.45, 7) is 5.17. The molecule has 0 N–H and O–H groups in total. The SMILES string of the molecule is CC(C)Cn1nc(Br)nc1Br. The Morgan fingerprint density at radius 1 is 1.45 bits per heavy atom. The predicted molar refractivity (Wildman–Crippen MR) is 50.3 cm³/mol. The monoisotopic (exact) mass is 281 g/mol. The largest absolute Gasteiger partial charge is 0.239 e. The first-order valence-electron chi connectivity index (χ1n) is 3.35. The van der Waals surface area contributed by atoms with Crippen molar-refractivity contribution in [3.8, 4) is 0 Å². The van der Waals surface area contributed by atoms with Gasteiger partial charge in [0, 0.05) is 6.54 Å². The van der Waals surface area contributed by atoms with Crippen LogP contribution in [0.1, 0.15) is 13.8 Å². The van der Waals surface area contributed by atoms with Crippen molar-refractivity contribution in [1.82, 2.24) is 14.8 Å². The van der Waals surface area contributed by atoms with Crippen molar-refractivity contribution in [2.75, 3.05) is 0 Å². The van der Waals surface area contributed by atoms with Gasteiger partial charge in [-0.1, -0.05) is 13.8 Å². The molecule has 0 spiro atoms. The molecule has 62 valence electrons. The summed E-state index contributed by atoms with van der Waals surface area (Å²) in [5.74, 6) is 0.583. The standard InChI is InChI=1S/C6H9Br2N3/c1-4(2)3-11-6(8)9-5(7)10-11/h4H,3H2,1-2H3. The predicted octanol–water partition coefficient (Wildman–Crippen LogP) is 2.46. The van der Waals surface area contributed by atoms with Gasteiger partial charge in [-0.25, -0.2) is 4.68 Å². The van der Waals surface area contributed by atoms with E-state index in [0.717, 1.165) is 11.3 Å². The first-order chi connectivity index (χ1) is 5.09. The Morgan fingerprint density at radius 3 is 2.45 bits per heavy atom. The van der Waals surface area contributed by atoms with Crippen LogP contribution in [0.3, 0.4) is 0 Å². The molecule has 0 fully saturated rings. The molecule has 0 radical (unpaired) electrons. The van der Waals surface area contributed by atoms with E-state index in [1.165, 1.54) is 0 Å². The molecule has 1 aromatic heterocycles. The van der Waals surface area contributed by atoms with Gasteiger partial charge in [0.1, 0.15) is 0 Å². The van der Waals surface area contributed by atoms with E-state index in [1.807, 2.05) is 4.68 Å². The highest BCUT2D eigenvalue weighted by atomic mass is 79.9. The van der Waals surface area contributed by atoms with Crippen molar-refractivity contribution in [2.24, 2.45) is 5.92 Å². The summed E-state index contributed by atoms with van der Waals surface area (Å²) in [7, 11) is 0. The minimum Gasteiger partial charge on any atom is -0.239 e. The maximum atomic E-state index is 4.13. The molecule has 11 heavy (non-hydrogen) atoms. The third-order valence-corrected chi connectivity index (χ3v) is 2.06. The van der Waals surface area contributed by atoms with Crippen molar-refractivity contribution in [3.63, 3.8) is 0 Å². The molecule has 0 aliphatic carbocycles. The van der Waals surface area contributed by atoms with Crippen molar-refractivity contribution >= 4 is 31.9 Å². The molecule has 3 nitrogen and oxygen atoms in total. The van der Waals surface area contributed by atoms with E-state index in [9.17, 15) is 0 Å². The molecule has 0 atom stereocenters. The quantitative estimate of drug-likeness (QED) is 0.834. The molecule has 1 heterocycles. The van der Waals surface area contributed by atoms with Crippen LogP contribution in [0.2, 0.25) is 0 Å². The number of hydrogen-bond acceptors (Lipinski definition) is 2. The van der Waals surface area contributed by atoms with Gasteiger partial charge in [-0.05, 0) is 37.8 Å². The first-order valence-corrected chi connectivity index (χ1v) is 4.94. The zero-order chi connectivity index (χ0) is 8.43. The average molecular weight is 283 g/mol. The van der Waals surface area contributed by atoms with E-state index in [-0.39, 0.29) is 0 Å². The topological polar surface area (TPSA) is 30.7 Å². The van der Waals surface area contributed by atoms with E-state index in [2.05, 4.69) is 55.8 Å². The molecule has 0 saturated carbocycles. The number of rotatable bonds is 2. The van der Waals surface area contributed by atoms with Gasteiger partial charge in [0.25, 0.3) is 0 Å². The number of aromatic nitrogens is 3. The highest BCUT2D eigenvalue weighted by Crippen LogP contribution is 2.12. The second kappa shape index (κ2) is 3.67. The summed E-state index contributed by atoms with van der Waals surface area (Å²) in [6, 6.07) is 0. The minimum absolute atomic E-state index is 0.583. The third kappa shape index (κ3) is 2.56. The van der Waals surface area contributed by atoms with Crippen molar-refractivity contribution < 1.29 is 0 Å². The fourth-order valence-corrected chi connectivity index (χ4v) is 1.75. The van der Waals surface area contributed by atoms with Gasteiger partial charge in [0.05, 0.1) is 0 Å². The van der Waals surface area contributed by atoms with E-state index in [4.69, 9.17) is 0 Å². The number of nitrogens with zero attached hydrogens (tertiary/aromatic N) is 3. The molecule has 0 unspecified atom stereocenters. The lowest BCUT2D eigenvalue weighted by Crippen LogP contribution is -2.06. The van der Waals surface area contributed by atoms with Gasteiger partial charge >= 0.3 is 0 Å². The van der Waals surface area contributed by atoms with Crippen molar-refractivity contribution in [3.05, 3.63) is 9.47 Å². The van der Waals surface area contributed by atoms with E-state index in [1.54, 1.807) is 0 Å². The molecular formula is C6H9Br2N3. The highest BCUT2D eigenvalue weighted by Gasteiger charge is 2.05. The van der Waals surface area contributed by atoms with Crippen molar-refractivity contribution in [2.45, 2.75) is 20.4 Å². The second-order valence-electron chi connectivity index (χ2n) is 2.73. The Bertz CT molecular complexity index is 244. The Morgan fingerprint density at radius 2 is 2.09 bits per heavy atom. The van der Waals surface area contributed by atoms with Crippen molar-refractivity contribution in [1.29, 1.82) is 0 Å². The lowest BCUT2D eigenvalue weighted by atomic mass is 10.2. The van der Waals surface area contributed by atoms with Gasteiger partial charge in [-0.15, -0.1) is 5.10 Å². The Labute approximate surface area is 82.5 Å². The fourth-order valence-electron chi connectivity index (χ4n) is 0.759. The zero-order valence-electron chi connectivity index (χ0n) is 6.38. The number of hydrogen-bond donors (Lipinski definition) is 0. The van der Waals surface area contributed by atoms with Crippen LogP contribution >= 0.6 is 31.9 Å². The summed E-state index contributed by atoms with van der Waals surface area (Å²) < 4.78 is 3.23. The fraction of sp³-hybridized carbons (Fsp3) is 0.667. The lowest BCUT2D eigenvalue weighted by molar-refractivity contribution is 0.473. The van der Waals surface area contributed by atoms with E-state index in [0.29, 0.717) is 10.7 Å². The maximum absolute atomic E-state index is 4.13. The Kier molecular flexibility index (Phi) is 3.06. The summed E-state index contributed by atoms with van der Waals surface area (Å²) >= 11 is 6.50. The van der Waals surface area contributed by atoms with E-state index >= 15 is 0 Å². The van der Waals surface area contributed by atoms with Gasteiger partial charge in [0.15, 0.2) is 4.73 Å². The van der Waals surface area contributed by atoms with Crippen LogP contribution in [0.25, 0.3) is 0 Å². The van der Waals surface area contributed by atoms with Crippen LogP contribution in [-0.2, 0) is 6.54 Å². The Hall–Kier alpha value is 0.1000. The molecule has 1 rings (SSSR count). The molecule has 0 aromatic carbocycles. The van der Waals surface area contributed by atoms with Crippen LogP contribution < -0.4 is 0 Å². The van der Waals surface area contributed by atoms with Crippen LogP contribution in [0.4, 0.5) is 0 Å². The Balaban J connectivity index is 2.77. The van der Waals surface area contributed by atoms with E-state index < -0.39 is 0 Å². The lowest BCUT2D eigenvalue weighted by Gasteiger charge is -2.03. The van der Waals surface area contributed by atoms with Crippen LogP contribution in [0.15, 0.2) is 9.47 Å². The van der Waals surface area contributed by atoms with Gasteiger partial charge in [-0.2, -0.15) is 4.98 Å². The molecule has 0 aliphatic rings. The molecule has 0 aliphatic heterocycles.